The Balaban J connectivity index is 2.26. The molecule has 0 amide bonds. The highest BCUT2D eigenvalue weighted by Crippen LogP contribution is 2.24. The highest BCUT2D eigenvalue weighted by Gasteiger charge is 2.20. The van der Waals surface area contributed by atoms with Crippen molar-refractivity contribution in [1.82, 2.24) is 0 Å². The van der Waals surface area contributed by atoms with Gasteiger partial charge in [-0.3, -0.25) is 0 Å². The van der Waals surface area contributed by atoms with Crippen molar-refractivity contribution >= 4 is 5.69 Å². The maximum Gasteiger partial charge on any atom is 0.0991 e. The number of nitrogens with zero attached hydrogens (tertiary/aromatic N) is 2. The zero-order valence-corrected chi connectivity index (χ0v) is 8.90. The highest BCUT2D eigenvalue weighted by atomic mass is 15.2. The first-order valence-electron chi connectivity index (χ1n) is 5.22. The van der Waals surface area contributed by atoms with Gasteiger partial charge in [-0.05, 0) is 37.1 Å². The molecule has 15 heavy (non-hydrogen) atoms. The van der Waals surface area contributed by atoms with Gasteiger partial charge < -0.3 is 10.6 Å². The molecule has 2 rings (SSSR count). The third-order valence-electron chi connectivity index (χ3n) is 2.89. The number of hydrogen-bond donors (Lipinski definition) is 1. The van der Waals surface area contributed by atoms with E-state index in [1.807, 2.05) is 25.1 Å². The van der Waals surface area contributed by atoms with Crippen LogP contribution in [0.5, 0.6) is 0 Å². The van der Waals surface area contributed by atoms with Crippen molar-refractivity contribution in [1.29, 1.82) is 5.26 Å². The standard InChI is InChI=1S/C12H15N3/c1-9-6-10(7-13)2-3-12(9)15-5-4-11(14)8-15/h2-3,6,11H,4-5,8,14H2,1H3. The Morgan fingerprint density at radius 2 is 2.33 bits per heavy atom. The fourth-order valence-corrected chi connectivity index (χ4v) is 2.09. The van der Waals surface area contributed by atoms with Gasteiger partial charge in [-0.15, -0.1) is 0 Å². The number of aryl methyl sites for hydroxylation is 1. The second-order valence-corrected chi connectivity index (χ2v) is 4.11. The molecule has 0 aromatic heterocycles. The number of hydrogen-bond acceptors (Lipinski definition) is 3. The number of benzene rings is 1. The first-order chi connectivity index (χ1) is 7.20. The van der Waals surface area contributed by atoms with E-state index >= 15 is 0 Å². The average molecular weight is 201 g/mol. The molecule has 1 aromatic carbocycles. The van der Waals surface area contributed by atoms with Crippen LogP contribution in [0, 0.1) is 18.3 Å². The van der Waals surface area contributed by atoms with Crippen molar-refractivity contribution in [3.05, 3.63) is 29.3 Å². The van der Waals surface area contributed by atoms with Crippen LogP contribution in [-0.2, 0) is 0 Å². The predicted octanol–water partition coefficient (Wildman–Crippen LogP) is 1.40. The van der Waals surface area contributed by atoms with Crippen LogP contribution in [-0.4, -0.2) is 19.1 Å². The minimum absolute atomic E-state index is 0.292. The normalized spacial score (nSPS) is 20.3. The Morgan fingerprint density at radius 1 is 1.53 bits per heavy atom. The molecule has 0 bridgehead atoms. The van der Waals surface area contributed by atoms with Crippen molar-refractivity contribution in [3.8, 4) is 6.07 Å². The molecular formula is C12H15N3. The third kappa shape index (κ3) is 1.95. The Morgan fingerprint density at radius 3 is 2.87 bits per heavy atom. The van der Waals surface area contributed by atoms with Crippen molar-refractivity contribution < 1.29 is 0 Å². The van der Waals surface area contributed by atoms with Crippen molar-refractivity contribution in [2.45, 2.75) is 19.4 Å². The summed E-state index contributed by atoms with van der Waals surface area (Å²) >= 11 is 0. The summed E-state index contributed by atoms with van der Waals surface area (Å²) in [6.07, 6.45) is 1.06. The topological polar surface area (TPSA) is 53.0 Å². The van der Waals surface area contributed by atoms with Gasteiger partial charge in [0, 0.05) is 24.8 Å². The lowest BCUT2D eigenvalue weighted by Crippen LogP contribution is -2.26. The van der Waals surface area contributed by atoms with E-state index in [2.05, 4.69) is 11.0 Å². The van der Waals surface area contributed by atoms with Crippen LogP contribution in [0.25, 0.3) is 0 Å². The molecule has 3 heteroatoms. The summed E-state index contributed by atoms with van der Waals surface area (Å²) in [6.45, 7) is 3.99. The zero-order valence-electron chi connectivity index (χ0n) is 8.90. The van der Waals surface area contributed by atoms with Crippen LogP contribution in [0.4, 0.5) is 5.69 Å². The first kappa shape index (κ1) is 10.0. The maximum absolute atomic E-state index is 8.78. The Kier molecular flexibility index (Phi) is 2.61. The molecule has 1 aromatic rings. The monoisotopic (exact) mass is 201 g/mol. The van der Waals surface area contributed by atoms with Gasteiger partial charge in [0.1, 0.15) is 0 Å². The van der Waals surface area contributed by atoms with Crippen molar-refractivity contribution in [2.24, 2.45) is 5.73 Å². The van der Waals surface area contributed by atoms with Gasteiger partial charge in [0.15, 0.2) is 0 Å². The molecule has 0 spiro atoms. The number of nitrogens with two attached hydrogens (primary N) is 1. The lowest BCUT2D eigenvalue weighted by atomic mass is 10.1. The molecule has 2 N–H and O–H groups in total. The van der Waals surface area contributed by atoms with Gasteiger partial charge in [-0.2, -0.15) is 5.26 Å². The van der Waals surface area contributed by atoms with Gasteiger partial charge in [0.25, 0.3) is 0 Å². The molecule has 1 saturated heterocycles. The van der Waals surface area contributed by atoms with E-state index in [1.54, 1.807) is 0 Å². The van der Waals surface area contributed by atoms with Crippen LogP contribution in [0.3, 0.4) is 0 Å². The van der Waals surface area contributed by atoms with E-state index in [1.165, 1.54) is 5.69 Å². The van der Waals surface area contributed by atoms with Gasteiger partial charge in [0.05, 0.1) is 11.6 Å². The molecule has 1 aliphatic rings. The molecule has 0 radical (unpaired) electrons. The molecular weight excluding hydrogens is 186 g/mol. The molecule has 0 aliphatic carbocycles. The minimum atomic E-state index is 0.292. The van der Waals surface area contributed by atoms with Gasteiger partial charge in [-0.1, -0.05) is 0 Å². The SMILES string of the molecule is Cc1cc(C#N)ccc1N1CCC(N)C1. The van der Waals surface area contributed by atoms with Crippen LogP contribution >= 0.6 is 0 Å². The van der Waals surface area contributed by atoms with Crippen LogP contribution in [0.2, 0.25) is 0 Å². The smallest absolute Gasteiger partial charge is 0.0991 e. The Hall–Kier alpha value is -1.53. The third-order valence-corrected chi connectivity index (χ3v) is 2.89. The summed E-state index contributed by atoms with van der Waals surface area (Å²) in [5.41, 5.74) is 8.96. The average Bonchev–Trinajstić information content (AvgIpc) is 2.64. The van der Waals surface area contributed by atoms with Crippen molar-refractivity contribution in [2.75, 3.05) is 18.0 Å². The fourth-order valence-electron chi connectivity index (χ4n) is 2.09. The summed E-state index contributed by atoms with van der Waals surface area (Å²) in [7, 11) is 0. The van der Waals surface area contributed by atoms with Crippen LogP contribution in [0.1, 0.15) is 17.5 Å². The molecule has 1 heterocycles. The molecule has 3 nitrogen and oxygen atoms in total. The van der Waals surface area contributed by atoms with E-state index in [0.717, 1.165) is 30.6 Å². The molecule has 0 saturated carbocycles. The van der Waals surface area contributed by atoms with Gasteiger partial charge in [-0.25, -0.2) is 0 Å². The molecule has 1 unspecified atom stereocenters. The van der Waals surface area contributed by atoms with E-state index in [4.69, 9.17) is 11.0 Å². The second-order valence-electron chi connectivity index (χ2n) is 4.11. The second kappa shape index (κ2) is 3.92. The Bertz CT molecular complexity index is 406. The maximum atomic E-state index is 8.78. The molecule has 1 fully saturated rings. The number of rotatable bonds is 1. The van der Waals surface area contributed by atoms with Crippen LogP contribution in [0.15, 0.2) is 18.2 Å². The molecule has 1 aliphatic heterocycles. The fraction of sp³-hybridized carbons (Fsp3) is 0.417. The van der Waals surface area contributed by atoms with E-state index in [-0.39, 0.29) is 0 Å². The summed E-state index contributed by atoms with van der Waals surface area (Å²) in [6, 6.07) is 8.26. The molecule has 78 valence electrons. The largest absolute Gasteiger partial charge is 0.370 e. The van der Waals surface area contributed by atoms with E-state index < -0.39 is 0 Å². The number of anilines is 1. The first-order valence-corrected chi connectivity index (χ1v) is 5.22. The summed E-state index contributed by atoms with van der Waals surface area (Å²) in [4.78, 5) is 2.29. The zero-order chi connectivity index (χ0) is 10.8. The van der Waals surface area contributed by atoms with Crippen molar-refractivity contribution in [3.63, 3.8) is 0 Å². The number of nitriles is 1. The summed E-state index contributed by atoms with van der Waals surface area (Å²) in [5, 5.41) is 8.78. The lowest BCUT2D eigenvalue weighted by Gasteiger charge is -2.20. The Labute approximate surface area is 90.1 Å². The van der Waals surface area contributed by atoms with Gasteiger partial charge >= 0.3 is 0 Å². The highest BCUT2D eigenvalue weighted by molar-refractivity contribution is 5.56. The lowest BCUT2D eigenvalue weighted by molar-refractivity contribution is 0.752. The van der Waals surface area contributed by atoms with E-state index in [9.17, 15) is 0 Å². The quantitative estimate of drug-likeness (QED) is 0.747. The van der Waals surface area contributed by atoms with E-state index in [0.29, 0.717) is 6.04 Å². The minimum Gasteiger partial charge on any atom is -0.370 e. The predicted molar refractivity (Wildman–Crippen MR) is 60.7 cm³/mol. The summed E-state index contributed by atoms with van der Waals surface area (Å²) in [5.74, 6) is 0. The summed E-state index contributed by atoms with van der Waals surface area (Å²) < 4.78 is 0. The van der Waals surface area contributed by atoms with Gasteiger partial charge in [0.2, 0.25) is 0 Å². The molecule has 1 atom stereocenters. The van der Waals surface area contributed by atoms with Crippen LogP contribution < -0.4 is 10.6 Å².